The molecular weight excluding hydrogens is 395 g/mol. The van der Waals surface area contributed by atoms with Crippen molar-refractivity contribution in [3.63, 3.8) is 0 Å². The molecule has 0 aromatic heterocycles. The number of alkyl halides is 6. The fourth-order valence-electron chi connectivity index (χ4n) is 1.76. The topological polar surface area (TPSA) is 66.4 Å². The highest BCUT2D eigenvalue weighted by Gasteiger charge is 2.60. The van der Waals surface area contributed by atoms with Gasteiger partial charge in [0, 0.05) is 0 Å². The monoisotopic (exact) mass is 403 g/mol. The quantitative estimate of drug-likeness (QED) is 0.743. The first-order chi connectivity index (χ1) is 10.7. The molecule has 2 N–H and O–H groups in total. The Balaban J connectivity index is 3.24. The Labute approximate surface area is 136 Å². The normalized spacial score (nSPS) is 14.9. The number of aliphatic hydroxyl groups excluding tert-OH is 1. The average molecular weight is 404 g/mol. The molecule has 0 amide bonds. The van der Waals surface area contributed by atoms with E-state index in [4.69, 9.17) is 16.7 Å². The molecular formula is C11H9ClF7NO3S. The molecule has 1 rings (SSSR count). The number of halogens is 8. The minimum absolute atomic E-state index is 0.504. The van der Waals surface area contributed by atoms with Crippen molar-refractivity contribution in [1.82, 2.24) is 4.72 Å². The van der Waals surface area contributed by atoms with Crippen LogP contribution in [0.15, 0.2) is 23.1 Å². The molecule has 0 saturated carbocycles. The predicted octanol–water partition coefficient (Wildman–Crippen LogP) is 2.86. The highest BCUT2D eigenvalue weighted by molar-refractivity contribution is 7.89. The van der Waals surface area contributed by atoms with Gasteiger partial charge in [-0.05, 0) is 18.2 Å². The average Bonchev–Trinajstić information content (AvgIpc) is 2.37. The second-order valence-electron chi connectivity index (χ2n) is 4.55. The summed E-state index contributed by atoms with van der Waals surface area (Å²) in [5, 5.41) is 8.11. The summed E-state index contributed by atoms with van der Waals surface area (Å²) in [5.41, 5.74) is 0. The van der Waals surface area contributed by atoms with Crippen molar-refractivity contribution in [1.29, 1.82) is 0 Å². The minimum atomic E-state index is -5.87. The minimum Gasteiger partial charge on any atom is -0.395 e. The van der Waals surface area contributed by atoms with Crippen LogP contribution in [0.25, 0.3) is 0 Å². The van der Waals surface area contributed by atoms with Gasteiger partial charge in [-0.25, -0.2) is 17.5 Å². The standard InChI is InChI=1S/C11H9ClF7NO3S/c12-6-3-5(1-2-7(6)13)24(22,23)20-8(4-21)9(10(14,15)16)11(17,18)19/h1-3,8-9,20-21H,4H2. The highest BCUT2D eigenvalue weighted by atomic mass is 35.5. The summed E-state index contributed by atoms with van der Waals surface area (Å²) >= 11 is 5.32. The van der Waals surface area contributed by atoms with E-state index in [1.807, 2.05) is 0 Å². The number of hydrogen-bond acceptors (Lipinski definition) is 3. The van der Waals surface area contributed by atoms with Gasteiger partial charge in [-0.15, -0.1) is 0 Å². The van der Waals surface area contributed by atoms with Gasteiger partial charge >= 0.3 is 12.4 Å². The van der Waals surface area contributed by atoms with Crippen LogP contribution in [0.3, 0.4) is 0 Å². The summed E-state index contributed by atoms with van der Waals surface area (Å²) in [7, 11) is -4.94. The lowest BCUT2D eigenvalue weighted by Gasteiger charge is -2.29. The summed E-state index contributed by atoms with van der Waals surface area (Å²) < 4.78 is 114. The fourth-order valence-corrected chi connectivity index (χ4v) is 3.27. The van der Waals surface area contributed by atoms with Crippen LogP contribution in [-0.4, -0.2) is 38.5 Å². The largest absolute Gasteiger partial charge is 0.402 e. The summed E-state index contributed by atoms with van der Waals surface area (Å²) in [5.74, 6) is -5.18. The Bertz CT molecular complexity index is 676. The zero-order valence-electron chi connectivity index (χ0n) is 11.3. The van der Waals surface area contributed by atoms with Gasteiger partial charge in [0.15, 0.2) is 5.92 Å². The van der Waals surface area contributed by atoms with E-state index in [-0.39, 0.29) is 0 Å². The molecule has 0 fully saturated rings. The summed E-state index contributed by atoms with van der Waals surface area (Å²) in [6.07, 6.45) is -11.7. The zero-order chi connectivity index (χ0) is 18.9. The van der Waals surface area contributed by atoms with Crippen molar-refractivity contribution in [3.8, 4) is 0 Å². The molecule has 0 aliphatic rings. The smallest absolute Gasteiger partial charge is 0.395 e. The van der Waals surface area contributed by atoms with Crippen LogP contribution in [0.4, 0.5) is 30.7 Å². The van der Waals surface area contributed by atoms with Crippen molar-refractivity contribution in [3.05, 3.63) is 29.0 Å². The number of rotatable bonds is 5. The van der Waals surface area contributed by atoms with Gasteiger partial charge in [-0.2, -0.15) is 26.3 Å². The van der Waals surface area contributed by atoms with Crippen molar-refractivity contribution >= 4 is 21.6 Å². The van der Waals surface area contributed by atoms with Gasteiger partial charge in [0.1, 0.15) is 5.82 Å². The van der Waals surface area contributed by atoms with Crippen LogP contribution in [0.1, 0.15) is 0 Å². The predicted molar refractivity (Wildman–Crippen MR) is 68.2 cm³/mol. The molecule has 1 atom stereocenters. The SMILES string of the molecule is O=S(=O)(NC(CO)C(C(F)(F)F)C(F)(F)F)c1ccc(F)c(Cl)c1. The molecule has 0 bridgehead atoms. The first-order valence-corrected chi connectivity index (χ1v) is 7.78. The molecule has 0 saturated heterocycles. The van der Waals surface area contributed by atoms with Crippen LogP contribution in [-0.2, 0) is 10.0 Å². The van der Waals surface area contributed by atoms with E-state index in [2.05, 4.69) is 0 Å². The Kier molecular flexibility index (Phi) is 6.12. The molecule has 0 radical (unpaired) electrons. The maximum absolute atomic E-state index is 13.0. The third kappa shape index (κ3) is 4.94. The van der Waals surface area contributed by atoms with Crippen molar-refractivity contribution in [2.24, 2.45) is 5.92 Å². The van der Waals surface area contributed by atoms with Crippen molar-refractivity contribution in [2.45, 2.75) is 23.3 Å². The first kappa shape index (κ1) is 20.9. The Morgan fingerprint density at radius 3 is 2.00 bits per heavy atom. The molecule has 13 heteroatoms. The Morgan fingerprint density at radius 2 is 1.62 bits per heavy atom. The van der Waals surface area contributed by atoms with Gasteiger partial charge in [0.2, 0.25) is 10.0 Å². The van der Waals surface area contributed by atoms with Crippen LogP contribution in [0.2, 0.25) is 5.02 Å². The number of nitrogens with one attached hydrogen (secondary N) is 1. The number of aliphatic hydroxyl groups is 1. The van der Waals surface area contributed by atoms with E-state index in [9.17, 15) is 39.2 Å². The van der Waals surface area contributed by atoms with Crippen LogP contribution < -0.4 is 4.72 Å². The first-order valence-electron chi connectivity index (χ1n) is 5.92. The molecule has 24 heavy (non-hydrogen) atoms. The molecule has 1 aromatic rings. The third-order valence-corrected chi connectivity index (χ3v) is 4.59. The van der Waals surface area contributed by atoms with Crippen molar-refractivity contribution < 1.29 is 44.3 Å². The third-order valence-electron chi connectivity index (χ3n) is 2.81. The number of benzene rings is 1. The van der Waals surface area contributed by atoms with Gasteiger partial charge in [0.05, 0.1) is 22.6 Å². The van der Waals surface area contributed by atoms with Gasteiger partial charge in [0.25, 0.3) is 0 Å². The van der Waals surface area contributed by atoms with E-state index in [1.165, 1.54) is 0 Å². The summed E-state index contributed by atoms with van der Waals surface area (Å²) in [6.45, 7) is -1.78. The lowest BCUT2D eigenvalue weighted by atomic mass is 10.00. The van der Waals surface area contributed by atoms with Crippen LogP contribution >= 0.6 is 11.6 Å². The Morgan fingerprint density at radius 1 is 1.12 bits per heavy atom. The summed E-state index contributed by atoms with van der Waals surface area (Å²) in [4.78, 5) is -0.865. The highest BCUT2D eigenvalue weighted by Crippen LogP contribution is 2.41. The molecule has 4 nitrogen and oxygen atoms in total. The maximum atomic E-state index is 13.0. The van der Waals surface area contributed by atoms with E-state index >= 15 is 0 Å². The Hall–Kier alpha value is -1.11. The molecule has 0 heterocycles. The van der Waals surface area contributed by atoms with E-state index in [1.54, 1.807) is 0 Å². The van der Waals surface area contributed by atoms with Gasteiger partial charge in [-0.3, -0.25) is 0 Å². The molecule has 0 spiro atoms. The van der Waals surface area contributed by atoms with Gasteiger partial charge < -0.3 is 5.11 Å². The van der Waals surface area contributed by atoms with Crippen molar-refractivity contribution in [2.75, 3.05) is 6.61 Å². The number of hydrogen-bond donors (Lipinski definition) is 2. The molecule has 1 aromatic carbocycles. The number of sulfonamides is 1. The molecule has 138 valence electrons. The lowest BCUT2D eigenvalue weighted by Crippen LogP contribution is -2.54. The van der Waals surface area contributed by atoms with Gasteiger partial charge in [-0.1, -0.05) is 11.6 Å². The second-order valence-corrected chi connectivity index (χ2v) is 6.67. The second kappa shape index (κ2) is 7.02. The van der Waals surface area contributed by atoms with E-state index in [0.29, 0.717) is 18.2 Å². The maximum Gasteiger partial charge on any atom is 0.402 e. The lowest BCUT2D eigenvalue weighted by molar-refractivity contribution is -0.292. The fraction of sp³-hybridized carbons (Fsp3) is 0.455. The van der Waals surface area contributed by atoms with Crippen LogP contribution in [0, 0.1) is 11.7 Å². The molecule has 0 aliphatic carbocycles. The summed E-state index contributed by atoms with van der Waals surface area (Å²) in [6, 6.07) is -1.27. The molecule has 1 unspecified atom stereocenters. The van der Waals surface area contributed by atoms with E-state index in [0.717, 1.165) is 4.72 Å². The van der Waals surface area contributed by atoms with Crippen LogP contribution in [0.5, 0.6) is 0 Å². The zero-order valence-corrected chi connectivity index (χ0v) is 12.9. The van der Waals surface area contributed by atoms with E-state index < -0.39 is 56.7 Å². The molecule has 0 aliphatic heterocycles.